The first kappa shape index (κ1) is 20.3. The number of oxazole rings is 1. The molecule has 0 N–H and O–H groups in total. The van der Waals surface area contributed by atoms with Crippen molar-refractivity contribution in [2.75, 3.05) is 6.61 Å². The van der Waals surface area contributed by atoms with E-state index in [1.165, 1.54) is 44.9 Å². The number of aromatic nitrogens is 1. The van der Waals surface area contributed by atoms with E-state index in [-0.39, 0.29) is 0 Å². The second-order valence-corrected chi connectivity index (χ2v) is 11.1. The van der Waals surface area contributed by atoms with Crippen LogP contribution in [0.5, 0.6) is 0 Å². The van der Waals surface area contributed by atoms with Crippen molar-refractivity contribution in [3.63, 3.8) is 0 Å². The van der Waals surface area contributed by atoms with Gasteiger partial charge in [-0.25, -0.2) is 4.98 Å². The Labute approximate surface area is 181 Å². The highest BCUT2D eigenvalue weighted by molar-refractivity contribution is 5.96. The van der Waals surface area contributed by atoms with Crippen molar-refractivity contribution >= 4 is 5.71 Å². The summed E-state index contributed by atoms with van der Waals surface area (Å²) in [5, 5.41) is 4.48. The summed E-state index contributed by atoms with van der Waals surface area (Å²) in [6.07, 6.45) is 15.5. The molecule has 4 aliphatic carbocycles. The minimum Gasteiger partial charge on any atom is -0.446 e. The molecule has 164 valence electrons. The Hall–Kier alpha value is -1.58. The zero-order chi connectivity index (χ0) is 20.9. The normalized spacial score (nSPS) is 41.7. The minimum absolute atomic E-state index is 0.380. The largest absolute Gasteiger partial charge is 0.446 e. The Balaban J connectivity index is 1.26. The van der Waals surface area contributed by atoms with Crippen molar-refractivity contribution in [3.8, 4) is 0 Å². The lowest BCUT2D eigenvalue weighted by Gasteiger charge is -2.58. The molecule has 0 saturated heterocycles. The van der Waals surface area contributed by atoms with Gasteiger partial charge in [0.15, 0.2) is 5.89 Å². The lowest BCUT2D eigenvalue weighted by molar-refractivity contribution is -0.0465. The molecule has 0 aliphatic heterocycles. The average Bonchev–Trinajstić information content (AvgIpc) is 3.28. The van der Waals surface area contributed by atoms with Gasteiger partial charge in [0.25, 0.3) is 0 Å². The molecule has 4 aliphatic rings. The zero-order valence-electron chi connectivity index (χ0n) is 19.2. The molecule has 0 amide bonds. The quantitative estimate of drug-likeness (QED) is 0.420. The van der Waals surface area contributed by atoms with Crippen molar-refractivity contribution in [1.29, 1.82) is 0 Å². The standard InChI is InChI=1S/C26H38N2O2/c1-17-5-8-22-21-7-6-19-15-20(28-29-14-11-24-27-16-18(2)30-24)9-12-26(19,4)23(21)10-13-25(17,22)3/h15-17,21-23H,5-14H2,1-4H3/t17-,21?,22?,23?,25+,26-/m0/s1. The first-order valence-electron chi connectivity index (χ1n) is 12.2. The Morgan fingerprint density at radius 1 is 1.13 bits per heavy atom. The number of aryl methyl sites for hydroxylation is 1. The van der Waals surface area contributed by atoms with Gasteiger partial charge in [-0.15, -0.1) is 0 Å². The number of nitrogens with zero attached hydrogens (tertiary/aromatic N) is 2. The highest BCUT2D eigenvalue weighted by Crippen LogP contribution is 2.66. The van der Waals surface area contributed by atoms with Gasteiger partial charge in [-0.1, -0.05) is 31.5 Å². The molecule has 0 radical (unpaired) electrons. The fourth-order valence-electron chi connectivity index (χ4n) is 7.68. The van der Waals surface area contributed by atoms with Gasteiger partial charge < -0.3 is 9.25 Å². The molecule has 1 aromatic rings. The molecule has 3 saturated carbocycles. The van der Waals surface area contributed by atoms with Gasteiger partial charge in [-0.3, -0.25) is 0 Å². The molecule has 4 heteroatoms. The predicted octanol–water partition coefficient (Wildman–Crippen LogP) is 6.50. The van der Waals surface area contributed by atoms with E-state index in [0.717, 1.165) is 47.5 Å². The summed E-state index contributed by atoms with van der Waals surface area (Å²) in [7, 11) is 0. The number of hydrogen-bond acceptors (Lipinski definition) is 4. The molecule has 0 bridgehead atoms. The maximum atomic E-state index is 5.63. The highest BCUT2D eigenvalue weighted by Gasteiger charge is 2.57. The third-order valence-corrected chi connectivity index (χ3v) is 9.71. The highest BCUT2D eigenvalue weighted by atomic mass is 16.6. The van der Waals surface area contributed by atoms with E-state index < -0.39 is 0 Å². The first-order chi connectivity index (χ1) is 14.4. The van der Waals surface area contributed by atoms with Crippen LogP contribution in [0.2, 0.25) is 0 Å². The van der Waals surface area contributed by atoms with E-state index in [9.17, 15) is 0 Å². The van der Waals surface area contributed by atoms with Crippen LogP contribution in [-0.2, 0) is 11.3 Å². The molecule has 6 atom stereocenters. The SMILES string of the molecule is Cc1cnc(CCON=C2C=C3CCC4C(CC[C@@]5(C)C4CC[C@@H]5C)[C@@]3(C)CC2)o1. The molecule has 0 aromatic carbocycles. The molecule has 4 nitrogen and oxygen atoms in total. The molecule has 1 aromatic heterocycles. The molecule has 30 heavy (non-hydrogen) atoms. The van der Waals surface area contributed by atoms with Gasteiger partial charge in [-0.05, 0) is 98.9 Å². The summed E-state index contributed by atoms with van der Waals surface area (Å²) in [6.45, 7) is 10.1. The maximum absolute atomic E-state index is 5.63. The topological polar surface area (TPSA) is 47.6 Å². The van der Waals surface area contributed by atoms with Crippen molar-refractivity contribution in [1.82, 2.24) is 4.98 Å². The Morgan fingerprint density at radius 3 is 2.80 bits per heavy atom. The van der Waals surface area contributed by atoms with E-state index >= 15 is 0 Å². The fraction of sp³-hybridized carbons (Fsp3) is 0.769. The Morgan fingerprint density at radius 2 is 2.00 bits per heavy atom. The Bertz CT molecular complexity index is 855. The summed E-state index contributed by atoms with van der Waals surface area (Å²) in [5.41, 5.74) is 3.76. The van der Waals surface area contributed by atoms with Gasteiger partial charge in [0.2, 0.25) is 0 Å². The van der Waals surface area contributed by atoms with Crippen LogP contribution in [-0.4, -0.2) is 17.3 Å². The first-order valence-corrected chi connectivity index (χ1v) is 12.2. The van der Waals surface area contributed by atoms with Crippen LogP contribution in [0.15, 0.2) is 27.4 Å². The number of fused-ring (bicyclic) bond motifs is 5. The van der Waals surface area contributed by atoms with E-state index in [2.05, 4.69) is 37.0 Å². The van der Waals surface area contributed by atoms with Gasteiger partial charge in [-0.2, -0.15) is 0 Å². The smallest absolute Gasteiger partial charge is 0.197 e. The van der Waals surface area contributed by atoms with E-state index in [4.69, 9.17) is 9.25 Å². The van der Waals surface area contributed by atoms with Crippen LogP contribution in [0.4, 0.5) is 0 Å². The van der Waals surface area contributed by atoms with E-state index in [1.54, 1.807) is 11.8 Å². The lowest BCUT2D eigenvalue weighted by Crippen LogP contribution is -2.50. The summed E-state index contributed by atoms with van der Waals surface area (Å²) in [6, 6.07) is 0. The van der Waals surface area contributed by atoms with Gasteiger partial charge in [0.05, 0.1) is 18.3 Å². The number of rotatable bonds is 4. The van der Waals surface area contributed by atoms with Crippen molar-refractivity contribution < 1.29 is 9.25 Å². The maximum Gasteiger partial charge on any atom is 0.197 e. The van der Waals surface area contributed by atoms with Gasteiger partial charge in [0, 0.05) is 0 Å². The van der Waals surface area contributed by atoms with Crippen LogP contribution >= 0.6 is 0 Å². The van der Waals surface area contributed by atoms with E-state index in [1.807, 2.05) is 6.92 Å². The molecule has 0 spiro atoms. The number of allylic oxidation sites excluding steroid dienone is 2. The third-order valence-electron chi connectivity index (χ3n) is 9.71. The van der Waals surface area contributed by atoms with Crippen LogP contribution in [0.3, 0.4) is 0 Å². The zero-order valence-corrected chi connectivity index (χ0v) is 19.2. The minimum atomic E-state index is 0.380. The van der Waals surface area contributed by atoms with E-state index in [0.29, 0.717) is 23.9 Å². The average molecular weight is 411 g/mol. The van der Waals surface area contributed by atoms with Gasteiger partial charge >= 0.3 is 0 Å². The number of oxime groups is 1. The second kappa shape index (κ2) is 7.53. The summed E-state index contributed by atoms with van der Waals surface area (Å²) in [4.78, 5) is 9.86. The van der Waals surface area contributed by atoms with Gasteiger partial charge in [0.1, 0.15) is 12.4 Å². The fourth-order valence-corrected chi connectivity index (χ4v) is 7.68. The molecule has 3 fully saturated rings. The second-order valence-electron chi connectivity index (χ2n) is 11.1. The van der Waals surface area contributed by atoms with Crippen molar-refractivity contribution in [2.45, 2.75) is 85.5 Å². The molecule has 5 rings (SSSR count). The van der Waals surface area contributed by atoms with Crippen LogP contribution < -0.4 is 0 Å². The monoisotopic (exact) mass is 410 g/mol. The Kier molecular flexibility index (Phi) is 5.10. The summed E-state index contributed by atoms with van der Waals surface area (Å²) < 4.78 is 5.50. The van der Waals surface area contributed by atoms with Crippen molar-refractivity contribution in [3.05, 3.63) is 29.5 Å². The lowest BCUT2D eigenvalue weighted by atomic mass is 9.47. The third kappa shape index (κ3) is 3.26. The molecule has 3 unspecified atom stereocenters. The molecule has 1 heterocycles. The summed E-state index contributed by atoms with van der Waals surface area (Å²) >= 11 is 0. The van der Waals surface area contributed by atoms with Crippen LogP contribution in [0.1, 0.15) is 83.8 Å². The molecular formula is C26H38N2O2. The summed E-state index contributed by atoms with van der Waals surface area (Å²) in [5.74, 6) is 5.26. The number of hydrogen-bond donors (Lipinski definition) is 0. The van der Waals surface area contributed by atoms with Crippen LogP contribution in [0.25, 0.3) is 0 Å². The van der Waals surface area contributed by atoms with Crippen molar-refractivity contribution in [2.24, 2.45) is 39.7 Å². The molecular weight excluding hydrogens is 372 g/mol. The predicted molar refractivity (Wildman–Crippen MR) is 119 cm³/mol. The van der Waals surface area contributed by atoms with Crippen LogP contribution in [0, 0.1) is 41.4 Å².